The Kier molecular flexibility index (Phi) is 6.59. The van der Waals surface area contributed by atoms with E-state index in [4.69, 9.17) is 4.74 Å². The minimum Gasteiger partial charge on any atom is -0.451 e. The fourth-order valence-corrected chi connectivity index (χ4v) is 3.01. The number of nitrogens with one attached hydrogen (secondary N) is 1. The number of esters is 1. The van der Waals surface area contributed by atoms with E-state index < -0.39 is 18.5 Å². The average molecular weight is 419 g/mol. The third-order valence-electron chi connectivity index (χ3n) is 4.51. The Balaban J connectivity index is 1.74. The molecule has 0 aliphatic heterocycles. The number of aryl methyl sites for hydroxylation is 1. The van der Waals surface area contributed by atoms with Crippen molar-refractivity contribution in [3.05, 3.63) is 71.5 Å². The number of hydrogen-bond acceptors (Lipinski definition) is 6. The number of carbonyl (C=O) groups is 2. The molecule has 0 aliphatic carbocycles. The molecule has 0 fully saturated rings. The summed E-state index contributed by atoms with van der Waals surface area (Å²) in [6, 6.07) is 16.8. The van der Waals surface area contributed by atoms with Gasteiger partial charge in [0.15, 0.2) is 18.1 Å². The van der Waals surface area contributed by atoms with Gasteiger partial charge in [-0.05, 0) is 46.0 Å². The Morgan fingerprint density at radius 1 is 1.06 bits per heavy atom. The largest absolute Gasteiger partial charge is 0.451 e. The number of rotatable bonds is 6. The molecule has 3 aromatic rings. The molecule has 0 radical (unpaired) electrons. The van der Waals surface area contributed by atoms with Crippen LogP contribution in [0.1, 0.15) is 37.7 Å². The second kappa shape index (κ2) is 9.34. The lowest BCUT2D eigenvalue weighted by atomic mass is 9.86. The van der Waals surface area contributed by atoms with Crippen molar-refractivity contribution < 1.29 is 14.3 Å². The number of para-hydroxylation sites is 1. The molecule has 31 heavy (non-hydrogen) atoms. The highest BCUT2D eigenvalue weighted by Gasteiger charge is 2.21. The van der Waals surface area contributed by atoms with Gasteiger partial charge in [0.05, 0.1) is 0 Å². The van der Waals surface area contributed by atoms with Gasteiger partial charge in [-0.25, -0.2) is 4.79 Å². The molecular formula is C23H25N5O3. The number of tetrazole rings is 1. The number of carbonyl (C=O) groups excluding carboxylic acids is 2. The van der Waals surface area contributed by atoms with Gasteiger partial charge in [0.25, 0.3) is 5.91 Å². The zero-order valence-corrected chi connectivity index (χ0v) is 18.0. The first-order valence-corrected chi connectivity index (χ1v) is 9.84. The number of hydrogen-bond donors (Lipinski definition) is 1. The zero-order valence-electron chi connectivity index (χ0n) is 18.0. The van der Waals surface area contributed by atoms with E-state index in [1.165, 1.54) is 4.68 Å². The van der Waals surface area contributed by atoms with Gasteiger partial charge in [-0.15, -0.1) is 5.10 Å². The molecule has 0 spiro atoms. The van der Waals surface area contributed by atoms with E-state index in [9.17, 15) is 9.59 Å². The number of benzene rings is 2. The number of amides is 1. The van der Waals surface area contributed by atoms with Crippen molar-refractivity contribution in [1.82, 2.24) is 20.2 Å². The van der Waals surface area contributed by atoms with E-state index in [0.717, 1.165) is 11.1 Å². The molecule has 0 atom stereocenters. The van der Waals surface area contributed by atoms with E-state index in [0.29, 0.717) is 11.5 Å². The molecular weight excluding hydrogens is 394 g/mol. The molecule has 0 saturated heterocycles. The summed E-state index contributed by atoms with van der Waals surface area (Å²) in [4.78, 5) is 25.3. The molecule has 0 saturated carbocycles. The van der Waals surface area contributed by atoms with Gasteiger partial charge in [-0.2, -0.15) is 4.68 Å². The molecule has 0 unspecified atom stereocenters. The summed E-state index contributed by atoms with van der Waals surface area (Å²) in [5.74, 6) is -0.723. The second-order valence-corrected chi connectivity index (χ2v) is 8.00. The maximum absolute atomic E-state index is 12.8. The van der Waals surface area contributed by atoms with Crippen molar-refractivity contribution in [3.8, 4) is 0 Å². The van der Waals surface area contributed by atoms with E-state index >= 15 is 0 Å². The van der Waals surface area contributed by atoms with E-state index in [-0.39, 0.29) is 11.1 Å². The summed E-state index contributed by atoms with van der Waals surface area (Å²) in [6.07, 6.45) is 1.61. The minimum absolute atomic E-state index is 0.108. The van der Waals surface area contributed by atoms with Crippen molar-refractivity contribution >= 4 is 29.3 Å². The van der Waals surface area contributed by atoms with Crippen molar-refractivity contribution in [1.29, 1.82) is 0 Å². The Morgan fingerprint density at radius 3 is 2.39 bits per heavy atom. The third kappa shape index (κ3) is 5.63. The van der Waals surface area contributed by atoms with Crippen LogP contribution in [0.15, 0.2) is 54.6 Å². The lowest BCUT2D eigenvalue weighted by Gasteiger charge is -2.23. The van der Waals surface area contributed by atoms with Crippen LogP contribution in [0, 0.1) is 6.92 Å². The van der Waals surface area contributed by atoms with Gasteiger partial charge >= 0.3 is 5.97 Å². The molecule has 0 aliphatic rings. The molecule has 1 N–H and O–H groups in total. The number of ether oxygens (including phenoxy) is 1. The quantitative estimate of drug-likeness (QED) is 0.485. The van der Waals surface area contributed by atoms with Crippen LogP contribution < -0.4 is 5.32 Å². The molecule has 1 heterocycles. The fraction of sp³-hybridized carbons (Fsp3) is 0.261. The second-order valence-electron chi connectivity index (χ2n) is 8.00. The van der Waals surface area contributed by atoms with Crippen LogP contribution in [-0.2, 0) is 19.7 Å². The number of anilines is 1. The Labute approximate surface area is 180 Å². The van der Waals surface area contributed by atoms with Gasteiger partial charge in [-0.3, -0.25) is 4.79 Å². The average Bonchev–Trinajstić information content (AvgIpc) is 3.16. The molecule has 160 valence electrons. The maximum atomic E-state index is 12.8. The lowest BCUT2D eigenvalue weighted by Crippen LogP contribution is -2.24. The van der Waals surface area contributed by atoms with Crippen LogP contribution in [0.4, 0.5) is 5.69 Å². The highest BCUT2D eigenvalue weighted by atomic mass is 16.5. The summed E-state index contributed by atoms with van der Waals surface area (Å²) in [5.41, 5.74) is 2.41. The normalized spacial score (nSPS) is 11.8. The Morgan fingerprint density at radius 2 is 1.74 bits per heavy atom. The highest BCUT2D eigenvalue weighted by molar-refractivity contribution is 6.15. The maximum Gasteiger partial charge on any atom is 0.357 e. The van der Waals surface area contributed by atoms with E-state index in [1.54, 1.807) is 13.0 Å². The van der Waals surface area contributed by atoms with Crippen molar-refractivity contribution in [2.45, 2.75) is 33.1 Å². The van der Waals surface area contributed by atoms with Crippen LogP contribution >= 0.6 is 0 Å². The molecule has 8 heteroatoms. The summed E-state index contributed by atoms with van der Waals surface area (Å²) in [6.45, 7) is 7.42. The first-order chi connectivity index (χ1) is 14.8. The minimum atomic E-state index is -0.710. The first-order valence-electron chi connectivity index (χ1n) is 9.84. The summed E-state index contributed by atoms with van der Waals surface area (Å²) >= 11 is 0. The van der Waals surface area contributed by atoms with Gasteiger partial charge < -0.3 is 10.1 Å². The molecule has 3 rings (SSSR count). The van der Waals surface area contributed by atoms with Gasteiger partial charge in [-0.1, -0.05) is 69.3 Å². The van der Waals surface area contributed by atoms with Gasteiger partial charge in [0.2, 0.25) is 0 Å². The molecule has 8 nitrogen and oxygen atoms in total. The molecule has 2 aromatic carbocycles. The van der Waals surface area contributed by atoms with Crippen molar-refractivity contribution in [3.63, 3.8) is 0 Å². The number of aromatic nitrogens is 4. The van der Waals surface area contributed by atoms with Crippen LogP contribution in [0.3, 0.4) is 0 Å². The highest BCUT2D eigenvalue weighted by Crippen LogP contribution is 2.29. The molecule has 0 bridgehead atoms. The summed E-state index contributed by atoms with van der Waals surface area (Å²) < 4.78 is 6.56. The Bertz CT molecular complexity index is 1100. The SMILES string of the molecule is Cc1nnnn1/C(=C/c1ccccc1)C(=O)OCC(=O)Nc1ccccc1C(C)(C)C. The smallest absolute Gasteiger partial charge is 0.357 e. The topological polar surface area (TPSA) is 99.0 Å². The van der Waals surface area contributed by atoms with Crippen molar-refractivity contribution in [2.24, 2.45) is 0 Å². The van der Waals surface area contributed by atoms with Crippen LogP contribution in [0.25, 0.3) is 11.8 Å². The number of nitrogens with zero attached hydrogens (tertiary/aromatic N) is 4. The predicted molar refractivity (Wildman–Crippen MR) is 118 cm³/mol. The van der Waals surface area contributed by atoms with Crippen LogP contribution in [-0.4, -0.2) is 38.7 Å². The first kappa shape index (κ1) is 21.9. The standard InChI is InChI=1S/C23H25N5O3/c1-16-25-26-27-28(16)20(14-17-10-6-5-7-11-17)22(30)31-15-21(29)24-19-13-9-8-12-18(19)23(2,3)4/h5-14H,15H2,1-4H3,(H,24,29)/b20-14+. The van der Waals surface area contributed by atoms with Crippen LogP contribution in [0.5, 0.6) is 0 Å². The van der Waals surface area contributed by atoms with Crippen molar-refractivity contribution in [2.75, 3.05) is 11.9 Å². The summed E-state index contributed by atoms with van der Waals surface area (Å²) in [5, 5.41) is 14.1. The molecule has 1 amide bonds. The summed E-state index contributed by atoms with van der Waals surface area (Å²) in [7, 11) is 0. The van der Waals surface area contributed by atoms with E-state index in [1.807, 2.05) is 54.6 Å². The third-order valence-corrected chi connectivity index (χ3v) is 4.51. The zero-order chi connectivity index (χ0) is 22.4. The monoisotopic (exact) mass is 419 g/mol. The fourth-order valence-electron chi connectivity index (χ4n) is 3.01. The lowest BCUT2D eigenvalue weighted by molar-refractivity contribution is -0.141. The Hall–Kier alpha value is -3.81. The molecule has 1 aromatic heterocycles. The van der Waals surface area contributed by atoms with Gasteiger partial charge in [0, 0.05) is 5.69 Å². The predicted octanol–water partition coefficient (Wildman–Crippen LogP) is 3.46. The van der Waals surface area contributed by atoms with E-state index in [2.05, 4.69) is 41.6 Å². The van der Waals surface area contributed by atoms with Gasteiger partial charge in [0.1, 0.15) is 0 Å². The van der Waals surface area contributed by atoms with Crippen LogP contribution in [0.2, 0.25) is 0 Å².